The molecule has 0 saturated heterocycles. The van der Waals surface area contributed by atoms with Gasteiger partial charge in [0.25, 0.3) is 0 Å². The van der Waals surface area contributed by atoms with Crippen LogP contribution in [0.15, 0.2) is 41.6 Å². The number of nitrogens with zero attached hydrogens (tertiary/aromatic N) is 3. The molecule has 2 aromatic carbocycles. The average Bonchev–Trinajstić information content (AvgIpc) is 3.13. The summed E-state index contributed by atoms with van der Waals surface area (Å²) in [6, 6.07) is 11.4. The zero-order valence-electron chi connectivity index (χ0n) is 17.4. The maximum atomic E-state index is 12.5. The number of rotatable bonds is 8. The molecule has 3 rings (SSSR count). The fourth-order valence-corrected chi connectivity index (χ4v) is 3.71. The number of carbonyl (C=O) groups is 1. The topological polar surface area (TPSA) is 104 Å². The van der Waals surface area contributed by atoms with Crippen LogP contribution in [0.4, 0.5) is 5.69 Å². The Hall–Kier alpha value is -3.20. The largest absolute Gasteiger partial charge is 0.493 e. The minimum absolute atomic E-state index is 0.125. The van der Waals surface area contributed by atoms with E-state index in [-0.39, 0.29) is 11.7 Å². The lowest BCUT2D eigenvalue weighted by atomic mass is 10.1. The monoisotopic (exact) mass is 427 g/mol. The molecule has 1 heterocycles. The summed E-state index contributed by atoms with van der Waals surface area (Å²) in [7, 11) is 3.14. The molecular formula is C21H25N5O3S. The Morgan fingerprint density at radius 3 is 2.63 bits per heavy atom. The number of carbonyl (C=O) groups excluding carboxylic acids is 1. The summed E-state index contributed by atoms with van der Waals surface area (Å²) < 4.78 is 11.9. The zero-order chi connectivity index (χ0) is 21.7. The van der Waals surface area contributed by atoms with E-state index in [1.54, 1.807) is 26.4 Å². The molecule has 3 aromatic rings. The molecular weight excluding hydrogens is 402 g/mol. The summed E-state index contributed by atoms with van der Waals surface area (Å²) >= 11 is 1.22. The van der Waals surface area contributed by atoms with Crippen molar-refractivity contribution >= 4 is 23.4 Å². The summed E-state index contributed by atoms with van der Waals surface area (Å²) in [6.07, 6.45) is 0.843. The van der Waals surface area contributed by atoms with Crippen molar-refractivity contribution in [2.45, 2.75) is 25.4 Å². The van der Waals surface area contributed by atoms with Crippen molar-refractivity contribution in [1.82, 2.24) is 14.9 Å². The van der Waals surface area contributed by atoms with Gasteiger partial charge in [0.2, 0.25) is 11.1 Å². The van der Waals surface area contributed by atoms with Gasteiger partial charge in [-0.1, -0.05) is 36.9 Å². The van der Waals surface area contributed by atoms with E-state index in [0.29, 0.717) is 22.5 Å². The van der Waals surface area contributed by atoms with Crippen LogP contribution in [0.5, 0.6) is 11.5 Å². The summed E-state index contributed by atoms with van der Waals surface area (Å²) in [5, 5.41) is 11.7. The molecule has 0 spiro atoms. The highest BCUT2D eigenvalue weighted by Crippen LogP contribution is 2.32. The minimum atomic E-state index is -0.125. The average molecular weight is 428 g/mol. The summed E-state index contributed by atoms with van der Waals surface area (Å²) in [4.78, 5) is 12.5. The minimum Gasteiger partial charge on any atom is -0.493 e. The number of hydrogen-bond donors (Lipinski definition) is 2. The molecule has 0 saturated carbocycles. The molecule has 8 nitrogen and oxygen atoms in total. The predicted octanol–water partition coefficient (Wildman–Crippen LogP) is 3.28. The quantitative estimate of drug-likeness (QED) is 0.420. The molecule has 3 N–H and O–H groups in total. The molecule has 0 fully saturated rings. The number of nitrogens with two attached hydrogens (primary N) is 1. The van der Waals surface area contributed by atoms with Gasteiger partial charge in [0.15, 0.2) is 17.3 Å². The number of hydrogen-bond acceptors (Lipinski definition) is 7. The Morgan fingerprint density at radius 1 is 1.17 bits per heavy atom. The van der Waals surface area contributed by atoms with E-state index in [9.17, 15) is 4.79 Å². The lowest BCUT2D eigenvalue weighted by Gasteiger charge is -2.12. The van der Waals surface area contributed by atoms with Crippen LogP contribution in [-0.4, -0.2) is 40.8 Å². The van der Waals surface area contributed by atoms with Gasteiger partial charge >= 0.3 is 0 Å². The number of ether oxygens (including phenoxy) is 2. The van der Waals surface area contributed by atoms with Gasteiger partial charge in [-0.05, 0) is 42.7 Å². The molecule has 0 bridgehead atoms. The predicted molar refractivity (Wildman–Crippen MR) is 119 cm³/mol. The van der Waals surface area contributed by atoms with Gasteiger partial charge in [-0.2, -0.15) is 0 Å². The fourth-order valence-electron chi connectivity index (χ4n) is 3.06. The highest BCUT2D eigenvalue weighted by Gasteiger charge is 2.16. The Morgan fingerprint density at radius 2 is 1.93 bits per heavy atom. The van der Waals surface area contributed by atoms with Crippen LogP contribution in [0, 0.1) is 6.92 Å². The third kappa shape index (κ3) is 4.51. The highest BCUT2D eigenvalue weighted by atomic mass is 32.2. The van der Waals surface area contributed by atoms with Gasteiger partial charge in [-0.15, -0.1) is 10.2 Å². The van der Waals surface area contributed by atoms with Gasteiger partial charge in [-0.3, -0.25) is 4.79 Å². The molecule has 0 unspecified atom stereocenters. The molecule has 0 radical (unpaired) electrons. The fraction of sp³-hybridized carbons (Fsp3) is 0.286. The van der Waals surface area contributed by atoms with E-state index in [4.69, 9.17) is 15.3 Å². The molecule has 0 aliphatic heterocycles. The van der Waals surface area contributed by atoms with Gasteiger partial charge in [0.1, 0.15) is 0 Å². The number of benzene rings is 2. The lowest BCUT2D eigenvalue weighted by Crippen LogP contribution is -2.18. The van der Waals surface area contributed by atoms with Crippen molar-refractivity contribution in [1.29, 1.82) is 0 Å². The molecule has 1 amide bonds. The Labute approximate surface area is 179 Å². The summed E-state index contributed by atoms with van der Waals surface area (Å²) in [5.41, 5.74) is 3.73. The lowest BCUT2D eigenvalue weighted by molar-refractivity contribution is -0.113. The summed E-state index contributed by atoms with van der Waals surface area (Å²) in [6.45, 7) is 4.04. The van der Waals surface area contributed by atoms with Crippen molar-refractivity contribution in [3.05, 3.63) is 47.5 Å². The number of nitrogen functional groups attached to an aromatic ring is 1. The second kappa shape index (κ2) is 9.53. The van der Waals surface area contributed by atoms with Crippen LogP contribution in [0.3, 0.4) is 0 Å². The summed E-state index contributed by atoms with van der Waals surface area (Å²) in [5.74, 6) is 7.85. The smallest absolute Gasteiger partial charge is 0.234 e. The maximum Gasteiger partial charge on any atom is 0.234 e. The highest BCUT2D eigenvalue weighted by molar-refractivity contribution is 7.99. The molecule has 1 aromatic heterocycles. The Kier molecular flexibility index (Phi) is 6.83. The molecule has 0 aliphatic rings. The van der Waals surface area contributed by atoms with Crippen molar-refractivity contribution in [2.75, 3.05) is 31.1 Å². The second-order valence-corrected chi connectivity index (χ2v) is 7.49. The third-order valence-electron chi connectivity index (χ3n) is 4.64. The van der Waals surface area contributed by atoms with Gasteiger partial charge in [0, 0.05) is 11.3 Å². The van der Waals surface area contributed by atoms with Gasteiger partial charge in [-0.25, -0.2) is 4.68 Å². The van der Waals surface area contributed by atoms with Crippen LogP contribution in [-0.2, 0) is 11.2 Å². The first-order chi connectivity index (χ1) is 14.5. The first-order valence-electron chi connectivity index (χ1n) is 9.42. The number of nitrogens with one attached hydrogen (secondary N) is 1. The number of amides is 1. The normalized spacial score (nSPS) is 10.7. The van der Waals surface area contributed by atoms with Crippen molar-refractivity contribution < 1.29 is 14.3 Å². The van der Waals surface area contributed by atoms with Crippen molar-refractivity contribution in [3.8, 4) is 22.9 Å². The molecule has 0 aliphatic carbocycles. The van der Waals surface area contributed by atoms with E-state index in [0.717, 1.165) is 28.8 Å². The Bertz CT molecular complexity index is 1050. The van der Waals surface area contributed by atoms with Crippen LogP contribution >= 0.6 is 11.8 Å². The third-order valence-corrected chi connectivity index (χ3v) is 5.59. The van der Waals surface area contributed by atoms with E-state index in [1.165, 1.54) is 16.4 Å². The van der Waals surface area contributed by atoms with Crippen LogP contribution < -0.4 is 20.6 Å². The molecule has 9 heteroatoms. The van der Waals surface area contributed by atoms with Crippen LogP contribution in [0.25, 0.3) is 11.4 Å². The standard InChI is InChI=1S/C21H25N5O3S/c1-5-14-8-6-7-13(2)19(14)23-18(27)12-30-21-25-24-20(26(21)22)15-9-10-16(28-3)17(11-15)29-4/h6-11H,5,12,22H2,1-4H3,(H,23,27). The number of aryl methyl sites for hydroxylation is 2. The number of thioether (sulfide) groups is 1. The number of para-hydroxylation sites is 1. The molecule has 30 heavy (non-hydrogen) atoms. The number of aromatic nitrogens is 3. The van der Waals surface area contributed by atoms with E-state index in [2.05, 4.69) is 22.4 Å². The van der Waals surface area contributed by atoms with Crippen LogP contribution in [0.1, 0.15) is 18.1 Å². The second-order valence-electron chi connectivity index (χ2n) is 6.55. The Balaban J connectivity index is 1.71. The van der Waals surface area contributed by atoms with E-state index in [1.807, 2.05) is 31.2 Å². The van der Waals surface area contributed by atoms with Crippen molar-refractivity contribution in [3.63, 3.8) is 0 Å². The first-order valence-corrected chi connectivity index (χ1v) is 10.4. The van der Waals surface area contributed by atoms with Crippen molar-refractivity contribution in [2.24, 2.45) is 0 Å². The number of anilines is 1. The van der Waals surface area contributed by atoms with Crippen LogP contribution in [0.2, 0.25) is 0 Å². The molecule has 0 atom stereocenters. The van der Waals surface area contributed by atoms with Gasteiger partial charge in [0.05, 0.1) is 20.0 Å². The van der Waals surface area contributed by atoms with E-state index >= 15 is 0 Å². The maximum absolute atomic E-state index is 12.5. The van der Waals surface area contributed by atoms with E-state index < -0.39 is 0 Å². The SMILES string of the molecule is CCc1cccc(C)c1NC(=O)CSc1nnc(-c2ccc(OC)c(OC)c2)n1N. The number of methoxy groups -OCH3 is 2. The molecule has 158 valence electrons. The zero-order valence-corrected chi connectivity index (χ0v) is 18.2. The van der Waals surface area contributed by atoms with Gasteiger partial charge < -0.3 is 20.6 Å². The first kappa shape index (κ1) is 21.5.